The molecule has 104 valence electrons. The molecular weight excluding hydrogens is 349 g/mol. The first-order valence-electron chi connectivity index (χ1n) is 5.61. The van der Waals surface area contributed by atoms with E-state index in [1.807, 2.05) is 0 Å². The molecular formula is C14H10BrClFNO2. The average Bonchev–Trinajstić information content (AvgIpc) is 2.43. The van der Waals surface area contributed by atoms with Gasteiger partial charge >= 0.3 is 0 Å². The highest BCUT2D eigenvalue weighted by atomic mass is 79.9. The summed E-state index contributed by atoms with van der Waals surface area (Å²) in [5, 5.41) is 2.90. The van der Waals surface area contributed by atoms with Gasteiger partial charge in [0.15, 0.2) is 0 Å². The minimum Gasteiger partial charge on any atom is -0.497 e. The highest BCUT2D eigenvalue weighted by Crippen LogP contribution is 2.28. The molecule has 1 N–H and O–H groups in total. The molecule has 0 fully saturated rings. The molecule has 0 aromatic heterocycles. The number of carbonyl (C=O) groups excluding carboxylic acids is 1. The van der Waals surface area contributed by atoms with Gasteiger partial charge < -0.3 is 10.1 Å². The Hall–Kier alpha value is -1.59. The predicted octanol–water partition coefficient (Wildman–Crippen LogP) is 4.50. The van der Waals surface area contributed by atoms with Gasteiger partial charge in [-0.05, 0) is 46.3 Å². The molecule has 0 radical (unpaired) electrons. The summed E-state index contributed by atoms with van der Waals surface area (Å²) < 4.78 is 19.3. The lowest BCUT2D eigenvalue weighted by molar-refractivity contribution is 0.102. The number of hydrogen-bond acceptors (Lipinski definition) is 2. The molecule has 0 aliphatic rings. The van der Waals surface area contributed by atoms with E-state index in [-0.39, 0.29) is 5.56 Å². The number of amides is 1. The van der Waals surface area contributed by atoms with Crippen molar-refractivity contribution in [2.24, 2.45) is 0 Å². The monoisotopic (exact) mass is 357 g/mol. The maximum absolute atomic E-state index is 13.6. The third-order valence-corrected chi connectivity index (χ3v) is 3.52. The van der Waals surface area contributed by atoms with Crippen molar-refractivity contribution in [3.8, 4) is 5.75 Å². The lowest BCUT2D eigenvalue weighted by atomic mass is 10.2. The zero-order valence-electron chi connectivity index (χ0n) is 10.4. The topological polar surface area (TPSA) is 38.3 Å². The zero-order valence-corrected chi connectivity index (χ0v) is 12.8. The number of nitrogens with one attached hydrogen (secondary N) is 1. The first-order chi connectivity index (χ1) is 9.51. The predicted molar refractivity (Wildman–Crippen MR) is 80.1 cm³/mol. The molecule has 20 heavy (non-hydrogen) atoms. The lowest BCUT2D eigenvalue weighted by Gasteiger charge is -2.10. The van der Waals surface area contributed by atoms with Gasteiger partial charge in [-0.2, -0.15) is 0 Å². The Morgan fingerprint density at radius 2 is 2.05 bits per heavy atom. The molecule has 0 heterocycles. The van der Waals surface area contributed by atoms with Crippen molar-refractivity contribution in [1.82, 2.24) is 0 Å². The first kappa shape index (κ1) is 14.8. The van der Waals surface area contributed by atoms with Gasteiger partial charge in [-0.25, -0.2) is 4.39 Å². The Morgan fingerprint density at radius 1 is 1.30 bits per heavy atom. The molecule has 0 saturated heterocycles. The third-order valence-electron chi connectivity index (χ3n) is 2.59. The van der Waals surface area contributed by atoms with Crippen molar-refractivity contribution < 1.29 is 13.9 Å². The summed E-state index contributed by atoms with van der Waals surface area (Å²) in [4.78, 5) is 12.1. The molecule has 1 amide bonds. The fourth-order valence-corrected chi connectivity index (χ4v) is 2.11. The number of benzene rings is 2. The summed E-state index contributed by atoms with van der Waals surface area (Å²) in [6, 6.07) is 8.90. The molecule has 6 heteroatoms. The Morgan fingerprint density at radius 3 is 2.75 bits per heavy atom. The molecule has 3 nitrogen and oxygen atoms in total. The molecule has 0 saturated carbocycles. The SMILES string of the molecule is COc1ccc(Br)c(NC(=O)c2cc(Cl)ccc2F)c1. The second-order valence-electron chi connectivity index (χ2n) is 3.92. The molecule has 0 spiro atoms. The second kappa shape index (κ2) is 6.24. The summed E-state index contributed by atoms with van der Waals surface area (Å²) in [5.74, 6) is -0.639. The summed E-state index contributed by atoms with van der Waals surface area (Å²) in [7, 11) is 1.52. The third kappa shape index (κ3) is 3.29. The van der Waals surface area contributed by atoms with Crippen molar-refractivity contribution in [2.75, 3.05) is 12.4 Å². The molecule has 2 aromatic carbocycles. The van der Waals surface area contributed by atoms with Crippen LogP contribution >= 0.6 is 27.5 Å². The number of carbonyl (C=O) groups is 1. The van der Waals surface area contributed by atoms with Crippen molar-refractivity contribution in [3.05, 3.63) is 57.3 Å². The van der Waals surface area contributed by atoms with Gasteiger partial charge in [0.2, 0.25) is 0 Å². The van der Waals surface area contributed by atoms with Crippen LogP contribution in [0, 0.1) is 5.82 Å². The molecule has 0 aliphatic heterocycles. The number of hydrogen-bond donors (Lipinski definition) is 1. The number of rotatable bonds is 3. The number of ether oxygens (including phenoxy) is 1. The Balaban J connectivity index is 2.30. The van der Waals surface area contributed by atoms with Crippen LogP contribution in [0.25, 0.3) is 0 Å². The normalized spacial score (nSPS) is 10.2. The van der Waals surface area contributed by atoms with Crippen LogP contribution in [-0.4, -0.2) is 13.0 Å². The summed E-state index contributed by atoms with van der Waals surface area (Å²) in [6.07, 6.45) is 0. The van der Waals surface area contributed by atoms with Gasteiger partial charge in [-0.15, -0.1) is 0 Å². The highest BCUT2D eigenvalue weighted by molar-refractivity contribution is 9.10. The van der Waals surface area contributed by atoms with Gasteiger partial charge in [-0.3, -0.25) is 4.79 Å². The number of methoxy groups -OCH3 is 1. The first-order valence-corrected chi connectivity index (χ1v) is 6.78. The van der Waals surface area contributed by atoms with E-state index >= 15 is 0 Å². The van der Waals surface area contributed by atoms with E-state index in [9.17, 15) is 9.18 Å². The van der Waals surface area contributed by atoms with Gasteiger partial charge in [0, 0.05) is 15.6 Å². The zero-order chi connectivity index (χ0) is 14.7. The van der Waals surface area contributed by atoms with E-state index in [2.05, 4.69) is 21.2 Å². The van der Waals surface area contributed by atoms with Crippen LogP contribution in [0.3, 0.4) is 0 Å². The van der Waals surface area contributed by atoms with Crippen molar-refractivity contribution >= 4 is 39.1 Å². The maximum Gasteiger partial charge on any atom is 0.258 e. The fraction of sp³-hybridized carbons (Fsp3) is 0.0714. The fourth-order valence-electron chi connectivity index (χ4n) is 1.59. The van der Waals surface area contributed by atoms with E-state index < -0.39 is 11.7 Å². The van der Waals surface area contributed by atoms with Gasteiger partial charge in [0.25, 0.3) is 5.91 Å². The lowest BCUT2D eigenvalue weighted by Crippen LogP contribution is -2.14. The van der Waals surface area contributed by atoms with Crippen LogP contribution in [0.4, 0.5) is 10.1 Å². The van der Waals surface area contributed by atoms with Crippen LogP contribution in [0.5, 0.6) is 5.75 Å². The number of anilines is 1. The molecule has 0 bridgehead atoms. The van der Waals surface area contributed by atoms with Crippen molar-refractivity contribution in [1.29, 1.82) is 0 Å². The molecule has 0 aliphatic carbocycles. The van der Waals surface area contributed by atoms with E-state index in [1.54, 1.807) is 18.2 Å². The van der Waals surface area contributed by atoms with E-state index in [0.717, 1.165) is 6.07 Å². The summed E-state index contributed by atoms with van der Waals surface area (Å²) in [6.45, 7) is 0. The Kier molecular flexibility index (Phi) is 4.62. The second-order valence-corrected chi connectivity index (χ2v) is 5.21. The minimum absolute atomic E-state index is 0.118. The molecule has 2 aromatic rings. The average molecular weight is 359 g/mol. The Bertz CT molecular complexity index is 664. The minimum atomic E-state index is -0.633. The summed E-state index contributed by atoms with van der Waals surface area (Å²) in [5.41, 5.74) is 0.362. The molecule has 0 unspecified atom stereocenters. The van der Waals surface area contributed by atoms with Crippen molar-refractivity contribution in [2.45, 2.75) is 0 Å². The van der Waals surface area contributed by atoms with Crippen LogP contribution in [0.15, 0.2) is 40.9 Å². The maximum atomic E-state index is 13.6. The standard InChI is InChI=1S/C14H10BrClFNO2/c1-20-9-3-4-11(15)13(7-9)18-14(19)10-6-8(16)2-5-12(10)17/h2-7H,1H3,(H,18,19). The van der Waals surface area contributed by atoms with Gasteiger partial charge in [0.05, 0.1) is 18.4 Å². The largest absolute Gasteiger partial charge is 0.497 e. The van der Waals surface area contributed by atoms with Gasteiger partial charge in [0.1, 0.15) is 11.6 Å². The smallest absolute Gasteiger partial charge is 0.258 e. The Labute approximate surface area is 128 Å². The van der Waals surface area contributed by atoms with Crippen molar-refractivity contribution in [3.63, 3.8) is 0 Å². The van der Waals surface area contributed by atoms with Crippen LogP contribution in [0.2, 0.25) is 5.02 Å². The quantitative estimate of drug-likeness (QED) is 0.877. The van der Waals surface area contributed by atoms with Gasteiger partial charge in [-0.1, -0.05) is 11.6 Å². The van der Waals surface area contributed by atoms with E-state index in [4.69, 9.17) is 16.3 Å². The van der Waals surface area contributed by atoms with Crippen LogP contribution in [0.1, 0.15) is 10.4 Å². The van der Waals surface area contributed by atoms with E-state index in [0.29, 0.717) is 20.9 Å². The van der Waals surface area contributed by atoms with Crippen LogP contribution in [-0.2, 0) is 0 Å². The molecule has 2 rings (SSSR count). The highest BCUT2D eigenvalue weighted by Gasteiger charge is 2.14. The molecule has 0 atom stereocenters. The van der Waals surface area contributed by atoms with E-state index in [1.165, 1.54) is 19.2 Å². The number of halogens is 3. The summed E-state index contributed by atoms with van der Waals surface area (Å²) >= 11 is 9.07. The van der Waals surface area contributed by atoms with Crippen LogP contribution < -0.4 is 10.1 Å².